The molecule has 1 atom stereocenters. The van der Waals surface area contributed by atoms with Crippen molar-refractivity contribution in [2.24, 2.45) is 0 Å². The van der Waals surface area contributed by atoms with Gasteiger partial charge in [-0.15, -0.1) is 0 Å². The summed E-state index contributed by atoms with van der Waals surface area (Å²) in [6, 6.07) is 11.5. The summed E-state index contributed by atoms with van der Waals surface area (Å²) in [5.74, 6) is -0.460. The van der Waals surface area contributed by atoms with Crippen LogP contribution >= 0.6 is 11.8 Å². The van der Waals surface area contributed by atoms with Gasteiger partial charge in [-0.2, -0.15) is 0 Å². The van der Waals surface area contributed by atoms with E-state index in [0.717, 1.165) is 4.90 Å². The Balaban J connectivity index is 1.93. The second-order valence-corrected chi connectivity index (χ2v) is 5.58. The van der Waals surface area contributed by atoms with E-state index in [1.165, 1.54) is 17.8 Å². The maximum Gasteiger partial charge on any atom is 0.283 e. The average Bonchev–Trinajstić information content (AvgIpc) is 2.74. The number of nitrogens with zero attached hydrogens (tertiary/aromatic N) is 1. The number of para-hydroxylation sites is 1. The highest BCUT2D eigenvalue weighted by Crippen LogP contribution is 2.39. The Kier molecular flexibility index (Phi) is 3.36. The normalized spacial score (nSPS) is 16.4. The lowest BCUT2D eigenvalue weighted by atomic mass is 10.1. The van der Waals surface area contributed by atoms with Crippen LogP contribution in [0, 0.1) is 10.1 Å². The van der Waals surface area contributed by atoms with Crippen LogP contribution in [0.2, 0.25) is 0 Å². The molecule has 1 amide bonds. The fourth-order valence-corrected chi connectivity index (χ4v) is 3.07. The van der Waals surface area contributed by atoms with Crippen molar-refractivity contribution in [3.05, 3.63) is 58.1 Å². The smallest absolute Gasteiger partial charge is 0.283 e. The fraction of sp³-hybridized carbons (Fsp3) is 0.0714. The van der Waals surface area contributed by atoms with Crippen LogP contribution in [-0.4, -0.2) is 15.9 Å². The van der Waals surface area contributed by atoms with Crippen molar-refractivity contribution >= 4 is 29.0 Å². The van der Waals surface area contributed by atoms with Gasteiger partial charge in [-0.05, 0) is 18.2 Å². The van der Waals surface area contributed by atoms with Crippen LogP contribution in [0.3, 0.4) is 0 Å². The third kappa shape index (κ3) is 2.48. The van der Waals surface area contributed by atoms with Crippen LogP contribution in [0.4, 0.5) is 11.4 Å². The highest BCUT2D eigenvalue weighted by atomic mass is 32.2. The zero-order chi connectivity index (χ0) is 15.0. The summed E-state index contributed by atoms with van der Waals surface area (Å²) in [6.07, 6.45) is -1.15. The third-order valence-corrected chi connectivity index (χ3v) is 4.17. The van der Waals surface area contributed by atoms with Crippen molar-refractivity contribution in [3.8, 4) is 0 Å². The van der Waals surface area contributed by atoms with Gasteiger partial charge in [0, 0.05) is 22.2 Å². The maximum absolute atomic E-state index is 11.4. The monoisotopic (exact) mass is 302 g/mol. The van der Waals surface area contributed by atoms with Crippen LogP contribution in [-0.2, 0) is 4.79 Å². The number of anilines is 1. The van der Waals surface area contributed by atoms with Gasteiger partial charge in [0.15, 0.2) is 6.10 Å². The van der Waals surface area contributed by atoms with E-state index < -0.39 is 16.9 Å². The average molecular weight is 302 g/mol. The number of aliphatic hydroxyl groups is 1. The number of nitrogens with one attached hydrogen (secondary N) is 1. The molecular formula is C14H10N2O4S. The number of hydrogen-bond donors (Lipinski definition) is 2. The second kappa shape index (κ2) is 5.19. The number of nitro benzene ring substituents is 1. The van der Waals surface area contributed by atoms with Crippen LogP contribution in [0.1, 0.15) is 11.7 Å². The zero-order valence-corrected chi connectivity index (χ0v) is 11.5. The molecule has 0 bridgehead atoms. The van der Waals surface area contributed by atoms with Crippen LogP contribution in [0.5, 0.6) is 0 Å². The molecule has 7 heteroatoms. The number of carbonyl (C=O) groups excluding carboxylic acids is 1. The molecule has 0 saturated carbocycles. The Labute approximate surface area is 123 Å². The fourth-order valence-electron chi connectivity index (χ4n) is 2.11. The van der Waals surface area contributed by atoms with Gasteiger partial charge in [-0.1, -0.05) is 30.0 Å². The summed E-state index contributed by atoms with van der Waals surface area (Å²) in [4.78, 5) is 23.2. The number of fused-ring (bicyclic) bond motifs is 1. The van der Waals surface area contributed by atoms with Crippen molar-refractivity contribution in [3.63, 3.8) is 0 Å². The van der Waals surface area contributed by atoms with Gasteiger partial charge in [0.1, 0.15) is 0 Å². The second-order valence-electron chi connectivity index (χ2n) is 4.47. The van der Waals surface area contributed by atoms with Crippen LogP contribution in [0.25, 0.3) is 0 Å². The summed E-state index contributed by atoms with van der Waals surface area (Å²) >= 11 is 1.24. The van der Waals surface area contributed by atoms with Gasteiger partial charge in [0.2, 0.25) is 0 Å². The van der Waals surface area contributed by atoms with E-state index in [1.54, 1.807) is 36.4 Å². The first-order chi connectivity index (χ1) is 10.1. The summed E-state index contributed by atoms with van der Waals surface area (Å²) in [6.45, 7) is 0. The van der Waals surface area contributed by atoms with E-state index in [-0.39, 0.29) is 5.69 Å². The van der Waals surface area contributed by atoms with Gasteiger partial charge >= 0.3 is 0 Å². The molecule has 1 aliphatic heterocycles. The predicted octanol–water partition coefficient (Wildman–Crippen LogP) is 2.73. The molecule has 0 radical (unpaired) electrons. The Bertz CT molecular complexity index is 748. The first-order valence-electron chi connectivity index (χ1n) is 6.10. The lowest BCUT2D eigenvalue weighted by molar-refractivity contribution is -0.387. The summed E-state index contributed by atoms with van der Waals surface area (Å²) in [7, 11) is 0. The lowest BCUT2D eigenvalue weighted by Crippen LogP contribution is -2.10. The number of benzene rings is 2. The van der Waals surface area contributed by atoms with E-state index in [1.807, 2.05) is 0 Å². The predicted molar refractivity (Wildman–Crippen MR) is 77.3 cm³/mol. The lowest BCUT2D eigenvalue weighted by Gasteiger charge is -2.05. The van der Waals surface area contributed by atoms with Crippen molar-refractivity contribution in [1.29, 1.82) is 0 Å². The molecule has 0 spiro atoms. The van der Waals surface area contributed by atoms with E-state index in [9.17, 15) is 20.0 Å². The van der Waals surface area contributed by atoms with Crippen molar-refractivity contribution in [1.82, 2.24) is 0 Å². The maximum atomic E-state index is 11.4. The van der Waals surface area contributed by atoms with E-state index in [4.69, 9.17) is 0 Å². The molecule has 1 heterocycles. The van der Waals surface area contributed by atoms with Crippen LogP contribution in [0.15, 0.2) is 52.3 Å². The minimum Gasteiger partial charge on any atom is -0.378 e. The molecule has 1 aliphatic rings. The number of amides is 1. The molecule has 2 N–H and O–H groups in total. The number of aliphatic hydroxyl groups excluding tert-OH is 1. The van der Waals surface area contributed by atoms with Gasteiger partial charge < -0.3 is 10.4 Å². The van der Waals surface area contributed by atoms with Gasteiger partial charge in [0.05, 0.1) is 9.82 Å². The van der Waals surface area contributed by atoms with E-state index in [2.05, 4.69) is 5.32 Å². The van der Waals surface area contributed by atoms with E-state index >= 15 is 0 Å². The minimum atomic E-state index is -1.15. The molecule has 21 heavy (non-hydrogen) atoms. The largest absolute Gasteiger partial charge is 0.378 e. The van der Waals surface area contributed by atoms with E-state index in [0.29, 0.717) is 16.1 Å². The molecule has 3 rings (SSSR count). The Morgan fingerprint density at radius 2 is 2.00 bits per heavy atom. The molecule has 6 nitrogen and oxygen atoms in total. The number of nitro groups is 1. The molecule has 1 unspecified atom stereocenters. The molecule has 0 aliphatic carbocycles. The quantitative estimate of drug-likeness (QED) is 0.671. The van der Waals surface area contributed by atoms with Crippen molar-refractivity contribution in [2.75, 3.05) is 5.32 Å². The molecular weight excluding hydrogens is 292 g/mol. The van der Waals surface area contributed by atoms with Gasteiger partial charge in [0.25, 0.3) is 11.6 Å². The number of carbonyl (C=O) groups is 1. The molecule has 106 valence electrons. The minimum absolute atomic E-state index is 0.0343. The number of hydrogen-bond acceptors (Lipinski definition) is 5. The first kappa shape index (κ1) is 13.6. The van der Waals surface area contributed by atoms with Gasteiger partial charge in [-0.25, -0.2) is 0 Å². The third-order valence-electron chi connectivity index (χ3n) is 3.12. The van der Waals surface area contributed by atoms with Gasteiger partial charge in [-0.3, -0.25) is 14.9 Å². The SMILES string of the molecule is O=C1Nc2cc(Sc3ccccc3[N+](=O)[O-])ccc2C1O. The summed E-state index contributed by atoms with van der Waals surface area (Å²) in [5.41, 5.74) is 1.09. The topological polar surface area (TPSA) is 92.5 Å². The number of rotatable bonds is 3. The highest BCUT2D eigenvalue weighted by Gasteiger charge is 2.28. The van der Waals surface area contributed by atoms with Crippen LogP contribution < -0.4 is 5.32 Å². The molecule has 2 aromatic carbocycles. The zero-order valence-electron chi connectivity index (χ0n) is 10.6. The van der Waals surface area contributed by atoms with Crippen molar-refractivity contribution < 1.29 is 14.8 Å². The summed E-state index contributed by atoms with van der Waals surface area (Å²) in [5, 5.41) is 23.2. The van der Waals surface area contributed by atoms with Crippen molar-refractivity contribution in [2.45, 2.75) is 15.9 Å². The molecule has 0 saturated heterocycles. The Hall–Kier alpha value is -2.38. The highest BCUT2D eigenvalue weighted by molar-refractivity contribution is 7.99. The molecule has 0 aromatic heterocycles. The Morgan fingerprint density at radius 1 is 1.24 bits per heavy atom. The molecule has 0 fully saturated rings. The standard InChI is InChI=1S/C14H10N2O4S/c17-13-9-6-5-8(7-10(9)15-14(13)18)21-12-4-2-1-3-11(12)16(19)20/h1-7,13,17H,(H,15,18). The summed E-state index contributed by atoms with van der Waals surface area (Å²) < 4.78 is 0. The first-order valence-corrected chi connectivity index (χ1v) is 6.92. The Morgan fingerprint density at radius 3 is 2.76 bits per heavy atom. The molecule has 2 aromatic rings.